The number of hydrazine groups is 1. The summed E-state index contributed by atoms with van der Waals surface area (Å²) in [6, 6.07) is 7.59. The van der Waals surface area contributed by atoms with Gasteiger partial charge in [-0.15, -0.1) is 0 Å². The molecule has 1 saturated heterocycles. The Hall–Kier alpha value is -2.64. The van der Waals surface area contributed by atoms with Crippen molar-refractivity contribution >= 4 is 11.8 Å². The number of nitro groups is 1. The van der Waals surface area contributed by atoms with Gasteiger partial charge in [-0.1, -0.05) is 12.1 Å². The average molecular weight is 389 g/mol. The summed E-state index contributed by atoms with van der Waals surface area (Å²) in [7, 11) is 1.61. The van der Waals surface area contributed by atoms with Crippen LogP contribution in [0.25, 0.3) is 0 Å². The first-order valence-corrected chi connectivity index (χ1v) is 9.86. The first kappa shape index (κ1) is 20.1. The maximum atomic E-state index is 13.3. The number of carbonyl (C=O) groups excluding carboxylic acids is 2. The quantitative estimate of drug-likeness (QED) is 0.368. The molecule has 0 spiro atoms. The minimum atomic E-state index is -0.527. The maximum absolute atomic E-state index is 13.3. The van der Waals surface area contributed by atoms with E-state index in [4.69, 9.17) is 4.74 Å². The third kappa shape index (κ3) is 4.26. The van der Waals surface area contributed by atoms with Crippen LogP contribution in [0.5, 0.6) is 5.75 Å². The number of rotatable bonds is 9. The Labute approximate surface area is 164 Å². The zero-order valence-electron chi connectivity index (χ0n) is 16.3. The number of methoxy groups -OCH3 is 1. The van der Waals surface area contributed by atoms with Crippen molar-refractivity contribution in [1.29, 1.82) is 0 Å². The molecule has 2 aliphatic rings. The minimum Gasteiger partial charge on any atom is -0.497 e. The van der Waals surface area contributed by atoms with Crippen LogP contribution in [0.1, 0.15) is 50.5 Å². The number of hydrogen-bond donors (Lipinski definition) is 0. The van der Waals surface area contributed by atoms with Crippen molar-refractivity contribution in [2.75, 3.05) is 26.7 Å². The van der Waals surface area contributed by atoms with Crippen LogP contribution in [-0.4, -0.2) is 53.5 Å². The molecule has 0 bridgehead atoms. The Bertz CT molecular complexity index is 730. The molecule has 0 unspecified atom stereocenters. The molecule has 2 amide bonds. The van der Waals surface area contributed by atoms with Gasteiger partial charge in [-0.2, -0.15) is 0 Å². The summed E-state index contributed by atoms with van der Waals surface area (Å²) in [5.41, 5.74) is 0.443. The number of benzene rings is 1. The molecule has 2 fully saturated rings. The van der Waals surface area contributed by atoms with Gasteiger partial charge in [0.1, 0.15) is 5.75 Å². The summed E-state index contributed by atoms with van der Waals surface area (Å²) >= 11 is 0. The van der Waals surface area contributed by atoms with E-state index < -0.39 is 5.41 Å². The van der Waals surface area contributed by atoms with Gasteiger partial charge < -0.3 is 4.74 Å². The van der Waals surface area contributed by atoms with Crippen molar-refractivity contribution in [2.24, 2.45) is 0 Å². The molecule has 8 heteroatoms. The highest BCUT2D eigenvalue weighted by Crippen LogP contribution is 2.50. The van der Waals surface area contributed by atoms with Crippen LogP contribution in [0.15, 0.2) is 24.3 Å². The lowest BCUT2D eigenvalue weighted by Gasteiger charge is -2.31. The van der Waals surface area contributed by atoms with E-state index >= 15 is 0 Å². The highest BCUT2D eigenvalue weighted by atomic mass is 16.6. The lowest BCUT2D eigenvalue weighted by molar-refractivity contribution is -0.480. The van der Waals surface area contributed by atoms with Crippen molar-refractivity contribution in [3.63, 3.8) is 0 Å². The number of ether oxygens (including phenoxy) is 1. The molecule has 0 atom stereocenters. The molecule has 28 heavy (non-hydrogen) atoms. The summed E-state index contributed by atoms with van der Waals surface area (Å²) in [5.74, 6) is 0.677. The summed E-state index contributed by atoms with van der Waals surface area (Å²) in [4.78, 5) is 35.9. The molecule has 1 saturated carbocycles. The number of nitrogens with zero attached hydrogens (tertiary/aromatic N) is 3. The molecular formula is C20H27N3O5. The number of unbranched alkanes of at least 4 members (excludes halogenated alkanes) is 2. The van der Waals surface area contributed by atoms with Gasteiger partial charge in [0, 0.05) is 30.9 Å². The van der Waals surface area contributed by atoms with Crippen LogP contribution in [0.2, 0.25) is 0 Å². The van der Waals surface area contributed by atoms with Gasteiger partial charge in [0.05, 0.1) is 12.5 Å². The van der Waals surface area contributed by atoms with E-state index in [2.05, 4.69) is 0 Å². The Morgan fingerprint density at radius 3 is 2.39 bits per heavy atom. The van der Waals surface area contributed by atoms with Crippen molar-refractivity contribution in [2.45, 2.75) is 50.4 Å². The summed E-state index contributed by atoms with van der Waals surface area (Å²) in [6.45, 7) is 1.05. The van der Waals surface area contributed by atoms with Gasteiger partial charge in [0.15, 0.2) is 0 Å². The molecule has 1 heterocycles. The lowest BCUT2D eigenvalue weighted by Crippen LogP contribution is -2.48. The zero-order valence-corrected chi connectivity index (χ0v) is 16.3. The average Bonchev–Trinajstić information content (AvgIpc) is 3.36. The second-order valence-corrected chi connectivity index (χ2v) is 7.48. The lowest BCUT2D eigenvalue weighted by atomic mass is 9.94. The molecular weight excluding hydrogens is 362 g/mol. The molecule has 0 aromatic heterocycles. The first-order valence-electron chi connectivity index (χ1n) is 9.86. The summed E-state index contributed by atoms with van der Waals surface area (Å²) < 4.78 is 5.19. The van der Waals surface area contributed by atoms with Crippen LogP contribution in [-0.2, 0) is 15.0 Å². The monoisotopic (exact) mass is 389 g/mol. The fourth-order valence-corrected chi connectivity index (χ4v) is 3.81. The van der Waals surface area contributed by atoms with E-state index in [0.717, 1.165) is 30.6 Å². The fourth-order valence-electron chi connectivity index (χ4n) is 3.81. The second-order valence-electron chi connectivity index (χ2n) is 7.48. The largest absolute Gasteiger partial charge is 0.497 e. The topological polar surface area (TPSA) is 93.0 Å². The summed E-state index contributed by atoms with van der Waals surface area (Å²) in [6.07, 6.45) is 4.40. The Kier molecular flexibility index (Phi) is 6.16. The fraction of sp³-hybridized carbons (Fsp3) is 0.600. The third-order valence-electron chi connectivity index (χ3n) is 5.59. The van der Waals surface area contributed by atoms with Gasteiger partial charge in [-0.3, -0.25) is 29.7 Å². The van der Waals surface area contributed by atoms with E-state index in [9.17, 15) is 19.7 Å². The minimum absolute atomic E-state index is 0.00290. The molecule has 0 radical (unpaired) electrons. The summed E-state index contributed by atoms with van der Waals surface area (Å²) in [5, 5.41) is 13.6. The smallest absolute Gasteiger partial charge is 0.251 e. The van der Waals surface area contributed by atoms with Crippen LogP contribution in [0.4, 0.5) is 0 Å². The third-order valence-corrected chi connectivity index (χ3v) is 5.59. The number of amides is 2. The van der Waals surface area contributed by atoms with Crippen molar-refractivity contribution in [1.82, 2.24) is 10.0 Å². The predicted molar refractivity (Wildman–Crippen MR) is 102 cm³/mol. The van der Waals surface area contributed by atoms with Crippen LogP contribution < -0.4 is 4.74 Å². The molecule has 1 aliphatic carbocycles. The number of carbonyl (C=O) groups is 2. The highest BCUT2D eigenvalue weighted by molar-refractivity contribution is 5.93. The molecule has 8 nitrogen and oxygen atoms in total. The molecule has 0 N–H and O–H groups in total. The highest BCUT2D eigenvalue weighted by Gasteiger charge is 2.54. The van der Waals surface area contributed by atoms with E-state index in [1.807, 2.05) is 24.3 Å². The Morgan fingerprint density at radius 2 is 1.79 bits per heavy atom. The molecule has 3 rings (SSSR count). The normalized spacial score (nSPS) is 17.5. The van der Waals surface area contributed by atoms with E-state index in [1.54, 1.807) is 17.1 Å². The first-order chi connectivity index (χ1) is 13.5. The van der Waals surface area contributed by atoms with Gasteiger partial charge in [-0.05, 0) is 49.8 Å². The van der Waals surface area contributed by atoms with E-state index in [0.29, 0.717) is 38.8 Å². The molecule has 1 aromatic rings. The van der Waals surface area contributed by atoms with Crippen molar-refractivity contribution < 1.29 is 19.2 Å². The SMILES string of the molecule is COc1ccc(C2(C(=O)N3CCCN3C(=O)CCCCC[N+](=O)[O-])CC2)cc1. The van der Waals surface area contributed by atoms with E-state index in [1.165, 1.54) is 0 Å². The van der Waals surface area contributed by atoms with Gasteiger partial charge in [0.2, 0.25) is 12.5 Å². The Morgan fingerprint density at radius 1 is 1.11 bits per heavy atom. The van der Waals surface area contributed by atoms with Crippen molar-refractivity contribution in [3.05, 3.63) is 39.9 Å². The predicted octanol–water partition coefficient (Wildman–Crippen LogP) is 2.54. The van der Waals surface area contributed by atoms with Gasteiger partial charge in [0.25, 0.3) is 5.91 Å². The molecule has 1 aromatic carbocycles. The maximum Gasteiger partial charge on any atom is 0.251 e. The second kappa shape index (κ2) is 8.58. The van der Waals surface area contributed by atoms with Gasteiger partial charge >= 0.3 is 0 Å². The van der Waals surface area contributed by atoms with Crippen LogP contribution in [0, 0.1) is 10.1 Å². The standard InChI is InChI=1S/C20H27N3O5/c1-28-17-9-7-16(8-10-17)20(11-12-20)19(25)22-14-5-13-21(22)18(24)6-3-2-4-15-23(26)27/h7-10H,2-6,11-15H2,1H3. The van der Waals surface area contributed by atoms with Crippen LogP contribution in [0.3, 0.4) is 0 Å². The van der Waals surface area contributed by atoms with Gasteiger partial charge in [-0.25, -0.2) is 0 Å². The molecule has 1 aliphatic heterocycles. The number of hydrogen-bond acceptors (Lipinski definition) is 5. The van der Waals surface area contributed by atoms with Crippen LogP contribution >= 0.6 is 0 Å². The zero-order chi connectivity index (χ0) is 20.1. The van der Waals surface area contributed by atoms with E-state index in [-0.39, 0.29) is 23.3 Å². The van der Waals surface area contributed by atoms with Crippen molar-refractivity contribution in [3.8, 4) is 5.75 Å². The Balaban J connectivity index is 1.59. The molecule has 152 valence electrons.